The summed E-state index contributed by atoms with van der Waals surface area (Å²) in [6.07, 6.45) is 2.32. The molecule has 0 saturated carbocycles. The molecule has 0 aliphatic heterocycles. The van der Waals surface area contributed by atoms with E-state index < -0.39 is 0 Å². The zero-order valence-electron chi connectivity index (χ0n) is 11.3. The Bertz CT molecular complexity index is 501. The number of hydrogen-bond donors (Lipinski definition) is 1. The third-order valence-electron chi connectivity index (χ3n) is 2.53. The summed E-state index contributed by atoms with van der Waals surface area (Å²) in [5, 5.41) is 11.7. The predicted molar refractivity (Wildman–Crippen MR) is 74.3 cm³/mol. The number of nitrogens with zero attached hydrogens (tertiary/aromatic N) is 1. The number of nitrogens with one attached hydrogen (secondary N) is 1. The van der Waals surface area contributed by atoms with Gasteiger partial charge in [-0.1, -0.05) is 29.8 Å². The fraction of sp³-hybridized carbons (Fsp3) is 0.333. The summed E-state index contributed by atoms with van der Waals surface area (Å²) < 4.78 is 4.89. The molecule has 0 atom stereocenters. The van der Waals surface area contributed by atoms with Crippen LogP contribution in [-0.4, -0.2) is 26.2 Å². The van der Waals surface area contributed by atoms with Gasteiger partial charge in [-0.25, -0.2) is 0 Å². The first-order valence-corrected chi connectivity index (χ1v) is 6.13. The van der Waals surface area contributed by atoms with E-state index in [0.29, 0.717) is 13.2 Å². The van der Waals surface area contributed by atoms with E-state index in [1.807, 2.05) is 37.3 Å². The normalized spacial score (nSPS) is 10.9. The van der Waals surface area contributed by atoms with Crippen molar-refractivity contribution in [1.82, 2.24) is 5.32 Å². The molecular formula is C15H18N2O2. The summed E-state index contributed by atoms with van der Waals surface area (Å²) in [5.74, 6) is -0.347. The highest BCUT2D eigenvalue weighted by molar-refractivity contribution is 6.01. The van der Waals surface area contributed by atoms with Crippen LogP contribution in [0.4, 0.5) is 0 Å². The van der Waals surface area contributed by atoms with Crippen LogP contribution in [-0.2, 0) is 9.53 Å². The monoisotopic (exact) mass is 258 g/mol. The first kappa shape index (κ1) is 14.9. The molecule has 1 rings (SSSR count). The van der Waals surface area contributed by atoms with E-state index >= 15 is 0 Å². The van der Waals surface area contributed by atoms with E-state index in [-0.39, 0.29) is 11.5 Å². The number of benzene rings is 1. The Morgan fingerprint density at radius 1 is 1.53 bits per heavy atom. The molecule has 1 aromatic rings. The molecule has 4 nitrogen and oxygen atoms in total. The van der Waals surface area contributed by atoms with Crippen LogP contribution in [0.3, 0.4) is 0 Å². The van der Waals surface area contributed by atoms with E-state index in [0.717, 1.165) is 17.5 Å². The Hall–Kier alpha value is -2.12. The van der Waals surface area contributed by atoms with Gasteiger partial charge in [0.15, 0.2) is 0 Å². The summed E-state index contributed by atoms with van der Waals surface area (Å²) in [7, 11) is 1.61. The Kier molecular flexibility index (Phi) is 6.34. The molecule has 100 valence electrons. The lowest BCUT2D eigenvalue weighted by molar-refractivity contribution is -0.117. The maximum Gasteiger partial charge on any atom is 0.261 e. The van der Waals surface area contributed by atoms with Gasteiger partial charge in [-0.05, 0) is 25.0 Å². The van der Waals surface area contributed by atoms with Crippen molar-refractivity contribution in [2.75, 3.05) is 20.3 Å². The van der Waals surface area contributed by atoms with Gasteiger partial charge in [-0.3, -0.25) is 4.79 Å². The van der Waals surface area contributed by atoms with Crippen molar-refractivity contribution in [3.63, 3.8) is 0 Å². The fourth-order valence-corrected chi connectivity index (χ4v) is 1.59. The topological polar surface area (TPSA) is 62.1 Å². The van der Waals surface area contributed by atoms with Gasteiger partial charge >= 0.3 is 0 Å². The van der Waals surface area contributed by atoms with Gasteiger partial charge in [0.25, 0.3) is 5.91 Å². The molecule has 0 saturated heterocycles. The van der Waals surface area contributed by atoms with Crippen molar-refractivity contribution in [2.24, 2.45) is 0 Å². The first-order valence-electron chi connectivity index (χ1n) is 6.13. The average Bonchev–Trinajstić information content (AvgIpc) is 2.41. The van der Waals surface area contributed by atoms with Crippen molar-refractivity contribution in [3.05, 3.63) is 41.0 Å². The Morgan fingerprint density at radius 3 is 2.95 bits per heavy atom. The third kappa shape index (κ3) is 5.36. The van der Waals surface area contributed by atoms with Crippen molar-refractivity contribution in [1.29, 1.82) is 5.26 Å². The van der Waals surface area contributed by atoms with E-state index in [2.05, 4.69) is 5.32 Å². The Balaban J connectivity index is 2.67. The van der Waals surface area contributed by atoms with Crippen molar-refractivity contribution >= 4 is 12.0 Å². The average molecular weight is 258 g/mol. The highest BCUT2D eigenvalue weighted by Gasteiger charge is 2.07. The molecule has 0 fully saturated rings. The minimum atomic E-state index is -0.347. The van der Waals surface area contributed by atoms with E-state index in [9.17, 15) is 4.79 Å². The van der Waals surface area contributed by atoms with Gasteiger partial charge in [0, 0.05) is 20.3 Å². The minimum absolute atomic E-state index is 0.114. The lowest BCUT2D eigenvalue weighted by atomic mass is 10.1. The number of ether oxygens (including phenoxy) is 1. The smallest absolute Gasteiger partial charge is 0.261 e. The molecule has 0 radical (unpaired) electrons. The number of aryl methyl sites for hydroxylation is 1. The third-order valence-corrected chi connectivity index (χ3v) is 2.53. The van der Waals surface area contributed by atoms with Crippen LogP contribution in [0.2, 0.25) is 0 Å². The number of carbonyl (C=O) groups excluding carboxylic acids is 1. The quantitative estimate of drug-likeness (QED) is 0.482. The predicted octanol–water partition coefficient (Wildman–Crippen LogP) is 2.05. The number of methoxy groups -OCH3 is 1. The second-order valence-corrected chi connectivity index (χ2v) is 4.19. The van der Waals surface area contributed by atoms with Gasteiger partial charge in [0.05, 0.1) is 0 Å². The molecule has 1 N–H and O–H groups in total. The van der Waals surface area contributed by atoms with Gasteiger partial charge in [0.2, 0.25) is 0 Å². The summed E-state index contributed by atoms with van der Waals surface area (Å²) in [6.45, 7) is 3.05. The number of rotatable bonds is 6. The van der Waals surface area contributed by atoms with Crippen molar-refractivity contribution < 1.29 is 9.53 Å². The summed E-state index contributed by atoms with van der Waals surface area (Å²) >= 11 is 0. The summed E-state index contributed by atoms with van der Waals surface area (Å²) in [4.78, 5) is 11.8. The maximum atomic E-state index is 11.8. The number of hydrogen-bond acceptors (Lipinski definition) is 3. The molecule has 0 spiro atoms. The Morgan fingerprint density at radius 2 is 2.32 bits per heavy atom. The number of nitriles is 1. The largest absolute Gasteiger partial charge is 0.385 e. The second-order valence-electron chi connectivity index (χ2n) is 4.19. The summed E-state index contributed by atoms with van der Waals surface area (Å²) in [5.41, 5.74) is 2.05. The van der Waals surface area contributed by atoms with Gasteiger partial charge in [-0.15, -0.1) is 0 Å². The zero-order chi connectivity index (χ0) is 14.1. The van der Waals surface area contributed by atoms with E-state index in [1.54, 1.807) is 13.2 Å². The molecule has 1 amide bonds. The number of amides is 1. The van der Waals surface area contributed by atoms with Crippen LogP contribution < -0.4 is 5.32 Å². The van der Waals surface area contributed by atoms with E-state index in [1.165, 1.54) is 0 Å². The van der Waals surface area contributed by atoms with Crippen LogP contribution in [0.5, 0.6) is 0 Å². The molecular weight excluding hydrogens is 240 g/mol. The lowest BCUT2D eigenvalue weighted by Crippen LogP contribution is -2.26. The highest BCUT2D eigenvalue weighted by Crippen LogP contribution is 2.09. The SMILES string of the molecule is COCCCNC(=O)C(C#N)=Cc1cccc(C)c1. The van der Waals surface area contributed by atoms with Crippen LogP contribution in [0, 0.1) is 18.3 Å². The molecule has 19 heavy (non-hydrogen) atoms. The molecule has 0 aliphatic carbocycles. The van der Waals surface area contributed by atoms with Crippen molar-refractivity contribution in [3.8, 4) is 6.07 Å². The Labute approximate surface area is 113 Å². The van der Waals surface area contributed by atoms with Gasteiger partial charge < -0.3 is 10.1 Å². The number of carbonyl (C=O) groups is 1. The van der Waals surface area contributed by atoms with Crippen LogP contribution >= 0.6 is 0 Å². The zero-order valence-corrected chi connectivity index (χ0v) is 11.3. The first-order chi connectivity index (χ1) is 9.17. The second kappa shape index (κ2) is 8.06. The van der Waals surface area contributed by atoms with Crippen LogP contribution in [0.25, 0.3) is 6.08 Å². The van der Waals surface area contributed by atoms with Gasteiger partial charge in [-0.2, -0.15) is 5.26 Å². The van der Waals surface area contributed by atoms with Crippen molar-refractivity contribution in [2.45, 2.75) is 13.3 Å². The molecule has 0 aliphatic rings. The summed E-state index contributed by atoms with van der Waals surface area (Å²) in [6, 6.07) is 9.58. The standard InChI is InChI=1S/C15H18N2O2/c1-12-5-3-6-13(9-12)10-14(11-16)15(18)17-7-4-8-19-2/h3,5-6,9-10H,4,7-8H2,1-2H3,(H,17,18). The molecule has 0 bridgehead atoms. The van der Waals surface area contributed by atoms with E-state index in [4.69, 9.17) is 10.00 Å². The molecule has 0 heterocycles. The lowest BCUT2D eigenvalue weighted by Gasteiger charge is -2.04. The maximum absolute atomic E-state index is 11.8. The van der Waals surface area contributed by atoms with Crippen LogP contribution in [0.1, 0.15) is 17.5 Å². The highest BCUT2D eigenvalue weighted by atomic mass is 16.5. The van der Waals surface area contributed by atoms with Gasteiger partial charge in [0.1, 0.15) is 11.6 Å². The molecule has 0 aromatic heterocycles. The molecule has 0 unspecified atom stereocenters. The molecule has 1 aromatic carbocycles. The minimum Gasteiger partial charge on any atom is -0.385 e. The van der Waals surface area contributed by atoms with Crippen LogP contribution in [0.15, 0.2) is 29.8 Å². The molecule has 4 heteroatoms. The fourth-order valence-electron chi connectivity index (χ4n) is 1.59.